The van der Waals surface area contributed by atoms with E-state index < -0.39 is 0 Å². The van der Waals surface area contributed by atoms with Crippen molar-refractivity contribution in [1.29, 1.82) is 0 Å². The summed E-state index contributed by atoms with van der Waals surface area (Å²) in [5, 5.41) is 3.40. The van der Waals surface area contributed by atoms with Gasteiger partial charge in [-0.25, -0.2) is 0 Å². The van der Waals surface area contributed by atoms with E-state index >= 15 is 0 Å². The van der Waals surface area contributed by atoms with Crippen molar-refractivity contribution in [2.24, 2.45) is 5.41 Å². The highest BCUT2D eigenvalue weighted by Gasteiger charge is 2.33. The minimum absolute atomic E-state index is 0.0912. The number of hydrogen-bond acceptors (Lipinski definition) is 3. The minimum atomic E-state index is -0.0945. The van der Waals surface area contributed by atoms with Gasteiger partial charge in [0.1, 0.15) is 6.04 Å². The molecule has 2 atom stereocenters. The van der Waals surface area contributed by atoms with Crippen LogP contribution < -0.4 is 5.32 Å². The van der Waals surface area contributed by atoms with Crippen molar-refractivity contribution in [3.05, 3.63) is 0 Å². The van der Waals surface area contributed by atoms with E-state index in [1.165, 1.54) is 0 Å². The van der Waals surface area contributed by atoms with Crippen LogP contribution in [0.3, 0.4) is 0 Å². The van der Waals surface area contributed by atoms with Crippen molar-refractivity contribution in [2.45, 2.75) is 59.0 Å². The van der Waals surface area contributed by atoms with Gasteiger partial charge in [-0.05, 0) is 31.6 Å². The van der Waals surface area contributed by atoms with E-state index in [0.717, 1.165) is 19.3 Å². The Morgan fingerprint density at radius 3 is 2.60 bits per heavy atom. The molecule has 3 nitrogen and oxygen atoms in total. The summed E-state index contributed by atoms with van der Waals surface area (Å²) in [6.07, 6.45) is 3.17. The maximum Gasteiger partial charge on any atom is 0.323 e. The van der Waals surface area contributed by atoms with Crippen LogP contribution in [-0.4, -0.2) is 24.7 Å². The normalized spacial score (nSPS) is 27.5. The number of nitrogens with one attached hydrogen (secondary N) is 1. The Kier molecular flexibility index (Phi) is 4.14. The zero-order valence-corrected chi connectivity index (χ0v) is 10.3. The monoisotopic (exact) mass is 213 g/mol. The maximum atomic E-state index is 11.6. The van der Waals surface area contributed by atoms with Crippen LogP contribution in [0.1, 0.15) is 47.0 Å². The first-order valence-corrected chi connectivity index (χ1v) is 5.88. The highest BCUT2D eigenvalue weighted by atomic mass is 16.5. The molecular formula is C12H23NO2. The van der Waals surface area contributed by atoms with Crippen LogP contribution in [0.5, 0.6) is 0 Å². The lowest BCUT2D eigenvalue weighted by atomic mass is 9.80. The third-order valence-electron chi connectivity index (χ3n) is 3.00. The SMILES string of the molecule is CCOC(=O)C1CCCC(C(C)(C)C)N1. The van der Waals surface area contributed by atoms with Crippen LogP contribution in [0.2, 0.25) is 0 Å². The van der Waals surface area contributed by atoms with Gasteiger partial charge in [0.25, 0.3) is 0 Å². The average molecular weight is 213 g/mol. The lowest BCUT2D eigenvalue weighted by Gasteiger charge is -2.38. The molecule has 1 aliphatic rings. The highest BCUT2D eigenvalue weighted by Crippen LogP contribution is 2.27. The number of esters is 1. The smallest absolute Gasteiger partial charge is 0.323 e. The number of hydrogen-bond donors (Lipinski definition) is 1. The van der Waals surface area contributed by atoms with E-state index in [2.05, 4.69) is 26.1 Å². The van der Waals surface area contributed by atoms with Gasteiger partial charge < -0.3 is 10.1 Å². The predicted molar refractivity (Wildman–Crippen MR) is 60.7 cm³/mol. The van der Waals surface area contributed by atoms with Gasteiger partial charge >= 0.3 is 5.97 Å². The predicted octanol–water partition coefficient (Wildman–Crippen LogP) is 2.11. The summed E-state index contributed by atoms with van der Waals surface area (Å²) in [5.74, 6) is -0.0912. The molecule has 0 saturated carbocycles. The van der Waals surface area contributed by atoms with Crippen LogP contribution in [-0.2, 0) is 9.53 Å². The van der Waals surface area contributed by atoms with Gasteiger partial charge in [0.2, 0.25) is 0 Å². The molecule has 0 aromatic rings. The molecule has 88 valence electrons. The van der Waals surface area contributed by atoms with Gasteiger partial charge in [0.15, 0.2) is 0 Å². The van der Waals surface area contributed by atoms with Crippen molar-refractivity contribution < 1.29 is 9.53 Å². The fourth-order valence-corrected chi connectivity index (χ4v) is 2.05. The molecule has 1 saturated heterocycles. The van der Waals surface area contributed by atoms with Crippen LogP contribution in [0.25, 0.3) is 0 Å². The number of ether oxygens (including phenoxy) is 1. The molecule has 1 rings (SSSR count). The molecule has 2 unspecified atom stereocenters. The highest BCUT2D eigenvalue weighted by molar-refractivity contribution is 5.75. The van der Waals surface area contributed by atoms with Gasteiger partial charge in [0, 0.05) is 6.04 Å². The molecule has 0 bridgehead atoms. The van der Waals surface area contributed by atoms with Gasteiger partial charge in [-0.3, -0.25) is 4.79 Å². The number of carbonyl (C=O) groups is 1. The molecule has 0 radical (unpaired) electrons. The minimum Gasteiger partial charge on any atom is -0.465 e. The summed E-state index contributed by atoms with van der Waals surface area (Å²) >= 11 is 0. The van der Waals surface area contributed by atoms with Crippen LogP contribution in [0.15, 0.2) is 0 Å². The molecule has 0 amide bonds. The topological polar surface area (TPSA) is 38.3 Å². The first-order valence-electron chi connectivity index (χ1n) is 5.88. The second-order valence-corrected chi connectivity index (χ2v) is 5.32. The zero-order chi connectivity index (χ0) is 11.5. The number of carbonyl (C=O) groups excluding carboxylic acids is 1. The Bertz CT molecular complexity index is 220. The standard InChI is InChI=1S/C12H23NO2/c1-5-15-11(14)9-7-6-8-10(13-9)12(2,3)4/h9-10,13H,5-8H2,1-4H3. The lowest BCUT2D eigenvalue weighted by molar-refractivity contribution is -0.147. The quantitative estimate of drug-likeness (QED) is 0.714. The molecule has 3 heteroatoms. The van der Waals surface area contributed by atoms with Crippen molar-refractivity contribution in [3.8, 4) is 0 Å². The fraction of sp³-hybridized carbons (Fsp3) is 0.917. The molecule has 0 aromatic carbocycles. The largest absolute Gasteiger partial charge is 0.465 e. The average Bonchev–Trinajstić information content (AvgIpc) is 2.17. The van der Waals surface area contributed by atoms with Crippen LogP contribution in [0.4, 0.5) is 0 Å². The molecule has 0 spiro atoms. The molecule has 0 aliphatic carbocycles. The number of rotatable bonds is 2. The summed E-state index contributed by atoms with van der Waals surface area (Å²) < 4.78 is 5.04. The third kappa shape index (κ3) is 3.49. The summed E-state index contributed by atoms with van der Waals surface area (Å²) in [7, 11) is 0. The van der Waals surface area contributed by atoms with Gasteiger partial charge in [-0.1, -0.05) is 20.8 Å². The van der Waals surface area contributed by atoms with E-state index in [4.69, 9.17) is 4.74 Å². The summed E-state index contributed by atoms with van der Waals surface area (Å²) in [6.45, 7) is 8.94. The van der Waals surface area contributed by atoms with E-state index in [0.29, 0.717) is 12.6 Å². The molecule has 1 N–H and O–H groups in total. The molecule has 1 heterocycles. The van der Waals surface area contributed by atoms with E-state index in [1.807, 2.05) is 6.92 Å². The van der Waals surface area contributed by atoms with Gasteiger partial charge in [0.05, 0.1) is 6.61 Å². The lowest BCUT2D eigenvalue weighted by Crippen LogP contribution is -2.52. The second kappa shape index (κ2) is 4.97. The van der Waals surface area contributed by atoms with E-state index in [1.54, 1.807) is 0 Å². The third-order valence-corrected chi connectivity index (χ3v) is 3.00. The summed E-state index contributed by atoms with van der Waals surface area (Å²) in [5.41, 5.74) is 0.213. The molecule has 0 aromatic heterocycles. The zero-order valence-electron chi connectivity index (χ0n) is 10.3. The van der Waals surface area contributed by atoms with Gasteiger partial charge in [-0.2, -0.15) is 0 Å². The van der Waals surface area contributed by atoms with Crippen molar-refractivity contribution in [2.75, 3.05) is 6.61 Å². The Morgan fingerprint density at radius 1 is 1.40 bits per heavy atom. The van der Waals surface area contributed by atoms with Crippen molar-refractivity contribution in [1.82, 2.24) is 5.32 Å². The van der Waals surface area contributed by atoms with Crippen molar-refractivity contribution >= 4 is 5.97 Å². The Hall–Kier alpha value is -0.570. The van der Waals surface area contributed by atoms with E-state index in [9.17, 15) is 4.79 Å². The maximum absolute atomic E-state index is 11.6. The van der Waals surface area contributed by atoms with E-state index in [-0.39, 0.29) is 17.4 Å². The number of piperidine rings is 1. The molecule has 1 aliphatic heterocycles. The van der Waals surface area contributed by atoms with Gasteiger partial charge in [-0.15, -0.1) is 0 Å². The summed E-state index contributed by atoms with van der Waals surface area (Å²) in [6, 6.07) is 0.323. The van der Waals surface area contributed by atoms with Crippen LogP contribution >= 0.6 is 0 Å². The molecular weight excluding hydrogens is 190 g/mol. The first kappa shape index (κ1) is 12.5. The summed E-state index contributed by atoms with van der Waals surface area (Å²) in [4.78, 5) is 11.6. The van der Waals surface area contributed by atoms with Crippen LogP contribution in [0, 0.1) is 5.41 Å². The Morgan fingerprint density at radius 2 is 2.07 bits per heavy atom. The van der Waals surface area contributed by atoms with Crippen molar-refractivity contribution in [3.63, 3.8) is 0 Å². The molecule has 1 fully saturated rings. The Labute approximate surface area is 92.6 Å². The molecule has 15 heavy (non-hydrogen) atoms. The Balaban J connectivity index is 2.52. The fourth-order valence-electron chi connectivity index (χ4n) is 2.05. The first-order chi connectivity index (χ1) is 6.95. The second-order valence-electron chi connectivity index (χ2n) is 5.32.